The summed E-state index contributed by atoms with van der Waals surface area (Å²) in [5, 5.41) is 44.0. The molecule has 8 bridgehead atoms. The summed E-state index contributed by atoms with van der Waals surface area (Å²) in [4.78, 5) is 37.0. The molecule has 0 unspecified atom stereocenters. The van der Waals surface area contributed by atoms with Crippen LogP contribution in [0.2, 0.25) is 0 Å². The van der Waals surface area contributed by atoms with Crippen molar-refractivity contribution in [3.8, 4) is 0 Å². The third-order valence-electron chi connectivity index (χ3n) is 8.59. The molecule has 0 fully saturated rings. The van der Waals surface area contributed by atoms with Gasteiger partial charge in [0.25, 0.3) is 0 Å². The van der Waals surface area contributed by atoms with Crippen LogP contribution in [0.4, 0.5) is 0 Å². The molecular weight excluding hydrogens is 560 g/mol. The molecule has 0 saturated carbocycles. The maximum atomic E-state index is 11.6. The predicted molar refractivity (Wildman–Crippen MR) is 169 cm³/mol. The summed E-state index contributed by atoms with van der Waals surface area (Å²) in [5.41, 5.74) is 8.32. The van der Waals surface area contributed by atoms with Gasteiger partial charge >= 0.3 is 11.9 Å². The first-order valence-electron chi connectivity index (χ1n) is 14.7. The zero-order valence-electron chi connectivity index (χ0n) is 25.3. The second-order valence-corrected chi connectivity index (χ2v) is 11.1. The van der Waals surface area contributed by atoms with Crippen molar-refractivity contribution in [1.82, 2.24) is 19.9 Å². The summed E-state index contributed by atoms with van der Waals surface area (Å²) in [7, 11) is 0. The molecule has 1 aliphatic rings. The molecule has 0 aromatic carbocycles. The van der Waals surface area contributed by atoms with Gasteiger partial charge in [0.15, 0.2) is 0 Å². The average Bonchev–Trinajstić information content (AvgIpc) is 3.67. The first kappa shape index (κ1) is 30.5. The van der Waals surface area contributed by atoms with Crippen molar-refractivity contribution in [1.29, 1.82) is 0 Å². The van der Waals surface area contributed by atoms with E-state index < -0.39 is 11.9 Å². The van der Waals surface area contributed by atoms with Gasteiger partial charge in [0.05, 0.1) is 18.2 Å². The van der Waals surface area contributed by atoms with E-state index in [1.807, 2.05) is 44.2 Å². The molecule has 0 aliphatic carbocycles. The van der Waals surface area contributed by atoms with Gasteiger partial charge in [0.2, 0.25) is 0 Å². The second-order valence-electron chi connectivity index (χ2n) is 11.1. The molecule has 1 aliphatic heterocycles. The fourth-order valence-corrected chi connectivity index (χ4v) is 6.29. The Hall–Kier alpha value is -4.96. The number of carboxylic acid groups (broad SMARTS) is 2. The standard InChI is InChI=1S/C34H38N4O6/c1-5-19-17(3)25-11-28-20(6-2)23(15-39)31(37-28)12-26-18(4)21(7-9-33(41)42)29(36-26)14-30-22(8-10-34(43)44)24(16-40)32(38-30)13-27(19)35-25/h6,11-15,35-40H,5,7-10,16H2,1-4H3,(H,41,42)(H,43,44)/b20-6+,23-15-,28-11-,30-14-,31-12-,32-13-. The van der Waals surface area contributed by atoms with Crippen LogP contribution in [0.3, 0.4) is 0 Å². The number of aliphatic hydroxyl groups excluding tert-OH is 2. The minimum Gasteiger partial charge on any atom is -0.515 e. The monoisotopic (exact) mass is 598 g/mol. The Bertz CT molecular complexity index is 2150. The molecule has 0 atom stereocenters. The van der Waals surface area contributed by atoms with Gasteiger partial charge in [-0.25, -0.2) is 0 Å². The highest BCUT2D eigenvalue weighted by molar-refractivity contribution is 5.70. The first-order valence-corrected chi connectivity index (χ1v) is 14.7. The SMILES string of the molecule is C/C=c1c2/[nH]c(/c/1=C\O)=C\c1[nH]c(c(CCC(=O)O)c1C)/C=c1\[nH]/c(c(CO)c1CCC(=O)O)=C\c1[nH]c(c(C)c1CC)\C=2. The van der Waals surface area contributed by atoms with Crippen LogP contribution in [0.1, 0.15) is 82.8 Å². The van der Waals surface area contributed by atoms with Gasteiger partial charge in [0, 0.05) is 67.7 Å². The van der Waals surface area contributed by atoms with Crippen LogP contribution in [0.25, 0.3) is 36.6 Å². The molecular formula is C34H38N4O6. The van der Waals surface area contributed by atoms with Crippen molar-refractivity contribution >= 4 is 48.6 Å². The third kappa shape index (κ3) is 5.56. The number of aromatic nitrogens is 4. The lowest BCUT2D eigenvalue weighted by atomic mass is 10.0. The topological polar surface area (TPSA) is 178 Å². The number of carbonyl (C=O) groups is 2. The van der Waals surface area contributed by atoms with Gasteiger partial charge < -0.3 is 40.4 Å². The largest absolute Gasteiger partial charge is 0.515 e. The van der Waals surface area contributed by atoms with Crippen LogP contribution in [-0.2, 0) is 35.5 Å². The van der Waals surface area contributed by atoms with Crippen molar-refractivity contribution in [3.05, 3.63) is 88.0 Å². The Morgan fingerprint density at radius 1 is 0.682 bits per heavy atom. The number of carboxylic acids is 2. The van der Waals surface area contributed by atoms with Gasteiger partial charge in [-0.05, 0) is 92.2 Å². The second kappa shape index (κ2) is 12.3. The van der Waals surface area contributed by atoms with Gasteiger partial charge in [-0.15, -0.1) is 0 Å². The van der Waals surface area contributed by atoms with E-state index in [1.54, 1.807) is 0 Å². The Balaban J connectivity index is 1.97. The average molecular weight is 599 g/mol. The Morgan fingerprint density at radius 2 is 1.16 bits per heavy atom. The van der Waals surface area contributed by atoms with Gasteiger partial charge in [-0.2, -0.15) is 0 Å². The molecule has 10 nitrogen and oxygen atoms in total. The summed E-state index contributed by atoms with van der Waals surface area (Å²) in [6, 6.07) is 0. The summed E-state index contributed by atoms with van der Waals surface area (Å²) in [6.07, 6.45) is 11.8. The number of rotatable bonds is 8. The minimum atomic E-state index is -0.946. The number of aliphatic carboxylic acids is 2. The first-order chi connectivity index (χ1) is 21.1. The van der Waals surface area contributed by atoms with E-state index in [4.69, 9.17) is 0 Å². The zero-order valence-corrected chi connectivity index (χ0v) is 25.3. The normalized spacial score (nSPS) is 16.4. The Morgan fingerprint density at radius 3 is 1.68 bits per heavy atom. The van der Waals surface area contributed by atoms with E-state index in [-0.39, 0.29) is 32.3 Å². The number of aromatic amines is 4. The van der Waals surface area contributed by atoms with Crippen LogP contribution in [0, 0.1) is 13.8 Å². The van der Waals surface area contributed by atoms with Crippen LogP contribution < -0.4 is 31.8 Å². The van der Waals surface area contributed by atoms with Gasteiger partial charge in [-0.3, -0.25) is 9.59 Å². The lowest BCUT2D eigenvalue weighted by Crippen LogP contribution is -2.37. The van der Waals surface area contributed by atoms with E-state index in [1.165, 1.54) is 0 Å². The van der Waals surface area contributed by atoms with Gasteiger partial charge in [0.1, 0.15) is 0 Å². The Labute approximate surface area is 252 Å². The van der Waals surface area contributed by atoms with E-state index in [9.17, 15) is 30.0 Å². The van der Waals surface area contributed by atoms with Crippen LogP contribution in [-0.4, -0.2) is 52.3 Å². The molecule has 8 N–H and O–H groups in total. The van der Waals surface area contributed by atoms with Crippen molar-refractivity contribution in [2.24, 2.45) is 0 Å². The molecule has 0 spiro atoms. The highest BCUT2D eigenvalue weighted by Gasteiger charge is 2.17. The highest BCUT2D eigenvalue weighted by Crippen LogP contribution is 2.23. The Kier molecular flexibility index (Phi) is 8.55. The third-order valence-corrected chi connectivity index (χ3v) is 8.59. The van der Waals surface area contributed by atoms with Crippen molar-refractivity contribution < 1.29 is 30.0 Å². The lowest BCUT2D eigenvalue weighted by molar-refractivity contribution is -0.138. The molecule has 5 heterocycles. The van der Waals surface area contributed by atoms with E-state index >= 15 is 0 Å². The zero-order chi connectivity index (χ0) is 31.7. The maximum Gasteiger partial charge on any atom is 0.303 e. The van der Waals surface area contributed by atoms with Crippen molar-refractivity contribution in [2.75, 3.05) is 0 Å². The number of hydrogen-bond donors (Lipinski definition) is 8. The molecule has 0 saturated heterocycles. The molecule has 5 rings (SSSR count). The molecule has 0 radical (unpaired) electrons. The molecule has 230 valence electrons. The number of hydrogen-bond acceptors (Lipinski definition) is 4. The fraction of sp³-hybridized carbons (Fsp3) is 0.294. The summed E-state index contributed by atoms with van der Waals surface area (Å²) in [6.45, 7) is 7.67. The van der Waals surface area contributed by atoms with Crippen molar-refractivity contribution in [2.45, 2.75) is 66.4 Å². The van der Waals surface area contributed by atoms with Crippen molar-refractivity contribution in [3.63, 3.8) is 0 Å². The molecule has 0 amide bonds. The molecule has 4 aromatic rings. The molecule has 44 heavy (non-hydrogen) atoms. The fourth-order valence-electron chi connectivity index (χ4n) is 6.29. The maximum absolute atomic E-state index is 11.6. The van der Waals surface area contributed by atoms with Gasteiger partial charge in [-0.1, -0.05) is 13.0 Å². The quantitative estimate of drug-likeness (QED) is 0.128. The smallest absolute Gasteiger partial charge is 0.303 e. The van der Waals surface area contributed by atoms with E-state index in [0.717, 1.165) is 62.6 Å². The number of aliphatic hydroxyl groups is 2. The summed E-state index contributed by atoms with van der Waals surface area (Å²) >= 11 is 0. The van der Waals surface area contributed by atoms with E-state index in [0.29, 0.717) is 38.1 Å². The summed E-state index contributed by atoms with van der Waals surface area (Å²) < 4.78 is 0. The molecule has 4 aromatic heterocycles. The van der Waals surface area contributed by atoms with E-state index in [2.05, 4.69) is 33.8 Å². The van der Waals surface area contributed by atoms with Crippen LogP contribution in [0.5, 0.6) is 0 Å². The molecule has 10 heteroatoms. The van der Waals surface area contributed by atoms with Crippen LogP contribution in [0.15, 0.2) is 0 Å². The van der Waals surface area contributed by atoms with Crippen LogP contribution >= 0.6 is 0 Å². The lowest BCUT2D eigenvalue weighted by Gasteiger charge is -2.02. The number of H-pyrrole nitrogens is 4. The number of fused-ring (bicyclic) bond motifs is 8. The highest BCUT2D eigenvalue weighted by atomic mass is 16.4. The predicted octanol–water partition coefficient (Wildman–Crippen LogP) is 0.430. The minimum absolute atomic E-state index is 0.0726. The summed E-state index contributed by atoms with van der Waals surface area (Å²) in [5.74, 6) is -1.86. The number of nitrogens with one attached hydrogen (secondary N) is 4.